The van der Waals surface area contributed by atoms with Gasteiger partial charge >= 0.3 is 57.4 Å². The number of aryl methyl sites for hydroxylation is 2. The van der Waals surface area contributed by atoms with Crippen molar-refractivity contribution in [3.63, 3.8) is 0 Å². The fourth-order valence-electron chi connectivity index (χ4n) is 18.9. The summed E-state index contributed by atoms with van der Waals surface area (Å²) in [6, 6.07) is 47.3. The highest BCUT2D eigenvalue weighted by atomic mass is 79.9. The molecule has 10 heterocycles. The number of hydrogen-bond acceptors (Lipinski definition) is 15. The first-order chi connectivity index (χ1) is 69.4. The van der Waals surface area contributed by atoms with E-state index in [4.69, 9.17) is 33.0 Å². The number of benzene rings is 7. The number of para-hydroxylation sites is 2. The standard InChI is InChI=1S/C25H26F2N2O.C22H22F2N2.C20H25BF5NO3.C14H13BrF5NO.C14H13BrF3NO2.C12H24B2O4.CH4O/c1-3-24(30)29-14-12-20(13-15-29)25(26,27)19-10-8-18(9-11-19)22-16-28-23-7-5-4-6-21(23)17(22)2;1-15-19-4-2-3-5-21(19)26-14-20(15)16-6-8-17(9-7-16)22(23,24)18-10-12-25-13-11-18;1-17(2)18(3,4)30-21(29-17)15-7-5-13(6-8-15)19(22,23)14-9-11-27(12-10-14)16(28)20(24,25)26;15-11-3-1-9(2-4-11)13(16,17)10-5-7-21(8-6-10)12(22)14(18,19)20;15-11-3-1-9(2-4-11)12(20)10-5-7-19(8-6-10)13(21)14(16,17)18;1-9(2)10(3,4)16-13(15-9)14-17-11(5,6)12(7,8)18-14;1-2/h4-11,16,20H,3,12-15H2,1-2H3;2-9,14,18,25H,10-13H2,1H3;5-8,14H,9-12H2,1-4H3;1-4,10H,5-8H2;1-4,10H,5-8H2;1-8H3;2H,1H3. The lowest BCUT2D eigenvalue weighted by Gasteiger charge is -2.36. The second-order valence-corrected chi connectivity index (χ2v) is 43.2. The number of halogens is 19. The van der Waals surface area contributed by atoms with Gasteiger partial charge in [0.2, 0.25) is 5.91 Å². The number of aliphatic hydroxyl groups excluding tert-OH is 1. The van der Waals surface area contributed by atoms with Crippen molar-refractivity contribution in [3.05, 3.63) is 230 Å². The van der Waals surface area contributed by atoms with Crippen molar-refractivity contribution < 1.29 is 132 Å². The van der Waals surface area contributed by atoms with Gasteiger partial charge in [-0.3, -0.25) is 33.9 Å². The molecule has 0 saturated carbocycles. The van der Waals surface area contributed by atoms with Crippen LogP contribution in [-0.2, 0) is 70.8 Å². The lowest BCUT2D eigenvalue weighted by atomic mass is 9.49. The van der Waals surface area contributed by atoms with Gasteiger partial charge in [0, 0.05) is 167 Å². The Bertz CT molecular complexity index is 5960. The molecule has 0 atom stereocenters. The molecule has 8 saturated heterocycles. The third kappa shape index (κ3) is 28.4. The third-order valence-corrected chi connectivity index (χ3v) is 31.2. The first kappa shape index (κ1) is 120. The number of amides is 4. The quantitative estimate of drug-likeness (QED) is 0.0555. The number of piperidine rings is 5. The number of alkyl halides is 17. The van der Waals surface area contributed by atoms with Crippen LogP contribution < -0.4 is 10.8 Å². The number of aliphatic hydroxyl groups is 1. The van der Waals surface area contributed by atoms with Gasteiger partial charge < -0.3 is 57.9 Å². The Morgan fingerprint density at radius 2 is 0.638 bits per heavy atom. The molecule has 2 N–H and O–H groups in total. The molecule has 8 aliphatic rings. The normalized spacial score (nSPS) is 19.3. The fourth-order valence-corrected chi connectivity index (χ4v) is 19.4. The van der Waals surface area contributed by atoms with Gasteiger partial charge in [0.15, 0.2) is 5.78 Å². The van der Waals surface area contributed by atoms with Crippen molar-refractivity contribution in [2.24, 2.45) is 29.6 Å². The molecular weight excluding hydrogens is 2100 g/mol. The average Bonchev–Trinajstić information content (AvgIpc) is 1.59. The van der Waals surface area contributed by atoms with Gasteiger partial charge in [0.05, 0.1) is 44.6 Å². The number of likely N-dealkylation sites (tertiary alicyclic amines) is 4. The third-order valence-electron chi connectivity index (χ3n) is 30.2. The van der Waals surface area contributed by atoms with Crippen molar-refractivity contribution in [1.29, 1.82) is 0 Å². The van der Waals surface area contributed by atoms with Gasteiger partial charge in [-0.1, -0.05) is 172 Å². The zero-order valence-electron chi connectivity index (χ0n) is 86.1. The summed E-state index contributed by atoms with van der Waals surface area (Å²) in [7, 11) is -0.624. The number of pyridine rings is 2. The molecule has 9 aromatic rings. The van der Waals surface area contributed by atoms with E-state index in [-0.39, 0.29) is 140 Å². The molecule has 7 aromatic carbocycles. The smallest absolute Gasteiger partial charge is 0.405 e. The number of carbonyl (C=O) groups excluding carboxylic acids is 5. The summed E-state index contributed by atoms with van der Waals surface area (Å²) in [4.78, 5) is 70.2. The Hall–Kier alpha value is -9.45. The Morgan fingerprint density at radius 1 is 0.369 bits per heavy atom. The van der Waals surface area contributed by atoms with Gasteiger partial charge in [0.25, 0.3) is 23.7 Å². The van der Waals surface area contributed by atoms with Crippen LogP contribution in [0, 0.1) is 43.4 Å². The molecule has 0 unspecified atom stereocenters. The van der Waals surface area contributed by atoms with Crippen LogP contribution in [-0.4, -0.2) is 210 Å². The Kier molecular flexibility index (Phi) is 38.6. The number of Topliss-reactive ketones (excluding diaryl/α,β-unsaturated/α-hetero) is 1. The highest BCUT2D eigenvalue weighted by molar-refractivity contribution is 9.10. The summed E-state index contributed by atoms with van der Waals surface area (Å²) < 4.78 is 267. The van der Waals surface area contributed by atoms with Crippen LogP contribution in [0.15, 0.2) is 191 Å². The predicted octanol–water partition coefficient (Wildman–Crippen LogP) is 24.8. The van der Waals surface area contributed by atoms with E-state index in [1.165, 1.54) is 60.7 Å². The molecule has 0 spiro atoms. The Labute approximate surface area is 876 Å². The number of ketones is 1. The maximum absolute atomic E-state index is 15.2. The predicted molar refractivity (Wildman–Crippen MR) is 546 cm³/mol. The maximum atomic E-state index is 15.2. The number of hydrogen-bond donors (Lipinski definition) is 2. The van der Waals surface area contributed by atoms with Crippen LogP contribution in [0.4, 0.5) is 74.6 Å². The van der Waals surface area contributed by atoms with E-state index in [0.29, 0.717) is 83.6 Å². The number of rotatable bonds is 15. The average molecular weight is 2230 g/mol. The second-order valence-electron chi connectivity index (χ2n) is 41.3. The minimum atomic E-state index is -4.99. The molecular formula is C108H127B3Br2F17N7O12. The fraction of sp³-hybridized carbons (Fsp3) is 0.509. The van der Waals surface area contributed by atoms with Crippen molar-refractivity contribution >= 4 is 110 Å². The zero-order valence-corrected chi connectivity index (χ0v) is 89.3. The first-order valence-corrected chi connectivity index (χ1v) is 51.2. The molecule has 19 nitrogen and oxygen atoms in total. The zero-order chi connectivity index (χ0) is 110. The monoisotopic (exact) mass is 2230 g/mol. The second kappa shape index (κ2) is 48.1. The Morgan fingerprint density at radius 3 is 0.946 bits per heavy atom. The van der Waals surface area contributed by atoms with Crippen molar-refractivity contribution in [2.45, 2.75) is 250 Å². The van der Waals surface area contributed by atoms with Gasteiger partial charge in [-0.2, -0.15) is 39.5 Å². The number of aromatic nitrogens is 2. The van der Waals surface area contributed by atoms with E-state index < -0.39 is 116 Å². The molecule has 4 amide bonds. The highest BCUT2D eigenvalue weighted by Crippen LogP contribution is 2.50. The number of nitrogens with one attached hydrogen (secondary N) is 1. The van der Waals surface area contributed by atoms with E-state index in [2.05, 4.69) is 54.1 Å². The van der Waals surface area contributed by atoms with Crippen LogP contribution in [0.1, 0.15) is 204 Å². The molecule has 0 aliphatic carbocycles. The van der Waals surface area contributed by atoms with Gasteiger partial charge in [-0.25, -0.2) is 35.1 Å². The van der Waals surface area contributed by atoms with E-state index in [1.54, 1.807) is 72.5 Å². The summed E-state index contributed by atoms with van der Waals surface area (Å²) in [5.74, 6) is -21.7. The van der Waals surface area contributed by atoms with Gasteiger partial charge in [-0.15, -0.1) is 0 Å². The lowest BCUT2D eigenvalue weighted by Crippen LogP contribution is -2.47. The van der Waals surface area contributed by atoms with Crippen LogP contribution in [0.3, 0.4) is 0 Å². The molecule has 149 heavy (non-hydrogen) atoms. The number of fused-ring (bicyclic) bond motifs is 2. The molecule has 17 rings (SSSR count). The summed E-state index contributed by atoms with van der Waals surface area (Å²) in [6.45, 7) is 30.4. The minimum Gasteiger partial charge on any atom is -0.405 e. The van der Waals surface area contributed by atoms with Crippen molar-refractivity contribution in [2.75, 3.05) is 72.6 Å². The van der Waals surface area contributed by atoms with Gasteiger partial charge in [-0.05, 0) is 238 Å². The van der Waals surface area contributed by atoms with Crippen LogP contribution >= 0.6 is 31.9 Å². The molecule has 41 heteroatoms. The van der Waals surface area contributed by atoms with E-state index in [1.807, 2.05) is 151 Å². The molecule has 808 valence electrons. The molecule has 8 fully saturated rings. The topological polar surface area (TPSA) is 212 Å². The van der Waals surface area contributed by atoms with Crippen molar-refractivity contribution in [3.8, 4) is 22.3 Å². The molecule has 2 aromatic heterocycles. The minimum absolute atomic E-state index is 0.0364. The molecule has 0 radical (unpaired) electrons. The summed E-state index contributed by atoms with van der Waals surface area (Å²) >= 11 is 6.43. The number of nitrogens with zero attached hydrogens (tertiary/aromatic N) is 6. The van der Waals surface area contributed by atoms with E-state index in [0.717, 1.165) is 71.7 Å². The van der Waals surface area contributed by atoms with Gasteiger partial charge in [0.1, 0.15) is 0 Å². The molecule has 0 bridgehead atoms. The van der Waals surface area contributed by atoms with Crippen LogP contribution in [0.2, 0.25) is 0 Å². The SMILES string of the molecule is CC1(C)OB(B2OC(C)(C)C(C)(C)O2)OC1(C)C.CC1(C)OB(c2ccc(C(F)(F)C3CCN(C(=O)C(F)(F)F)CC3)cc2)OC1(C)C.CCC(=O)N1CCC(C(F)(F)c2ccc(-c3cnc4ccccc4c3C)cc2)CC1.CO.Cc1c(-c2ccc(C(F)(F)C3CCNCC3)cc2)cnc2ccccc12.O=C(N1CCC(C(F)(F)c2ccc(Br)cc2)CC1)C(F)(F)F.O=C(c1ccc(Br)cc1)C1CCN(C(=O)C(F)(F)F)CC1. The highest BCUT2D eigenvalue weighted by Gasteiger charge is 2.64. The first-order valence-electron chi connectivity index (χ1n) is 49.6. The molecule has 8 aliphatic heterocycles. The van der Waals surface area contributed by atoms with Crippen LogP contribution in [0.5, 0.6) is 0 Å². The lowest BCUT2D eigenvalue weighted by molar-refractivity contribution is -0.188. The van der Waals surface area contributed by atoms with Crippen molar-refractivity contribution in [1.82, 2.24) is 34.9 Å². The number of carbonyl (C=O) groups is 5. The van der Waals surface area contributed by atoms with E-state index in [9.17, 15) is 89.8 Å². The summed E-state index contributed by atoms with van der Waals surface area (Å²) in [5.41, 5.74) is 6.19. The largest absolute Gasteiger partial charge is 0.494 e. The summed E-state index contributed by atoms with van der Waals surface area (Å²) in [6.07, 6.45) is -9.24. The maximum Gasteiger partial charge on any atom is 0.494 e. The van der Waals surface area contributed by atoms with Crippen LogP contribution in [0.25, 0.3) is 44.1 Å². The van der Waals surface area contributed by atoms with E-state index >= 15 is 8.78 Å². The Balaban J connectivity index is 0.000000171. The summed E-state index contributed by atoms with van der Waals surface area (Å²) in [5, 5.41) is 12.3.